The summed E-state index contributed by atoms with van der Waals surface area (Å²) >= 11 is 0. The van der Waals surface area contributed by atoms with Crippen molar-refractivity contribution in [2.24, 2.45) is 29.6 Å². The van der Waals surface area contributed by atoms with Crippen LogP contribution in [0.2, 0.25) is 0 Å². The molecule has 3 aliphatic heterocycles. The lowest BCUT2D eigenvalue weighted by molar-refractivity contribution is -0.302. The number of carbonyl (C=O) groups is 4. The smallest absolute Gasteiger partial charge is 0.329 e. The van der Waals surface area contributed by atoms with E-state index in [0.717, 1.165) is 11.1 Å². The Bertz CT molecular complexity index is 1380. The number of hydrogen-bond acceptors (Lipinski definition) is 11. The first-order valence-electron chi connectivity index (χ1n) is 20.3. The fourth-order valence-corrected chi connectivity index (χ4v) is 9.16. The number of rotatable bonds is 5. The number of esters is 1. The quantitative estimate of drug-likeness (QED) is 0.199. The van der Waals surface area contributed by atoms with Gasteiger partial charge in [-0.05, 0) is 108 Å². The number of allylic oxidation sites excluding steroid dienone is 3. The number of methoxy groups -OCH3 is 2. The van der Waals surface area contributed by atoms with Crippen LogP contribution in [-0.2, 0) is 38.1 Å². The average Bonchev–Trinajstić information content (AvgIpc) is 3.15. The largest absolute Gasteiger partial charge is 0.456 e. The summed E-state index contributed by atoms with van der Waals surface area (Å²) in [4.78, 5) is 57.4. The van der Waals surface area contributed by atoms with E-state index in [2.05, 4.69) is 13.0 Å². The van der Waals surface area contributed by atoms with Crippen LogP contribution in [0, 0.1) is 29.6 Å². The summed E-state index contributed by atoms with van der Waals surface area (Å²) in [5.41, 5.74) is 1.83. The van der Waals surface area contributed by atoms with E-state index in [-0.39, 0.29) is 55.3 Å². The Morgan fingerprint density at radius 2 is 1.65 bits per heavy atom. The zero-order valence-corrected chi connectivity index (χ0v) is 33.8. The Morgan fingerprint density at radius 1 is 0.963 bits per heavy atom. The Labute approximate surface area is 322 Å². The molecule has 2 bridgehead atoms. The molecule has 306 valence electrons. The first kappa shape index (κ1) is 44.2. The lowest BCUT2D eigenvalue weighted by Gasteiger charge is -2.47. The van der Waals surface area contributed by atoms with Crippen LogP contribution in [0.4, 0.5) is 0 Å². The number of aliphatic hydroxyl groups excluding tert-OH is 2. The molecule has 0 spiro atoms. The third-order valence-corrected chi connectivity index (χ3v) is 12.5. The van der Waals surface area contributed by atoms with Crippen molar-refractivity contribution < 1.29 is 53.4 Å². The predicted molar refractivity (Wildman–Crippen MR) is 202 cm³/mol. The first-order chi connectivity index (χ1) is 25.5. The van der Waals surface area contributed by atoms with Crippen molar-refractivity contribution in [3.63, 3.8) is 0 Å². The minimum absolute atomic E-state index is 0.0381. The van der Waals surface area contributed by atoms with Crippen LogP contribution in [-0.4, -0.2) is 113 Å². The van der Waals surface area contributed by atoms with E-state index in [9.17, 15) is 34.5 Å². The zero-order chi connectivity index (χ0) is 39.9. The van der Waals surface area contributed by atoms with Gasteiger partial charge < -0.3 is 39.2 Å². The van der Waals surface area contributed by atoms with Crippen molar-refractivity contribution >= 4 is 23.4 Å². The van der Waals surface area contributed by atoms with Gasteiger partial charge in [0.1, 0.15) is 24.0 Å². The molecule has 2 saturated heterocycles. The zero-order valence-electron chi connectivity index (χ0n) is 33.8. The highest BCUT2D eigenvalue weighted by Crippen LogP contribution is 2.39. The monoisotopic (exact) mass is 761 g/mol. The number of aliphatic hydroxyl groups is 3. The summed E-state index contributed by atoms with van der Waals surface area (Å²) in [6, 6.07) is -1.06. The van der Waals surface area contributed by atoms with Crippen molar-refractivity contribution in [3.8, 4) is 0 Å². The van der Waals surface area contributed by atoms with Gasteiger partial charge in [-0.3, -0.25) is 14.4 Å². The number of ether oxygens (including phenoxy) is 4. The Kier molecular flexibility index (Phi) is 16.0. The van der Waals surface area contributed by atoms with Gasteiger partial charge in [-0.2, -0.15) is 0 Å². The lowest BCUT2D eigenvalue weighted by atomic mass is 9.82. The molecule has 0 aromatic heterocycles. The molecule has 1 aliphatic carbocycles. The van der Waals surface area contributed by atoms with Gasteiger partial charge in [0.05, 0.1) is 24.4 Å². The summed E-state index contributed by atoms with van der Waals surface area (Å²) in [5.74, 6) is -6.44. The maximum atomic E-state index is 14.2. The second-order valence-electron chi connectivity index (χ2n) is 16.8. The molecule has 3 heterocycles. The van der Waals surface area contributed by atoms with Crippen molar-refractivity contribution in [1.82, 2.24) is 4.90 Å². The van der Waals surface area contributed by atoms with Crippen LogP contribution in [0.3, 0.4) is 0 Å². The maximum absolute atomic E-state index is 14.2. The van der Waals surface area contributed by atoms with Gasteiger partial charge in [-0.15, -0.1) is 0 Å². The van der Waals surface area contributed by atoms with Crippen LogP contribution in [0.15, 0.2) is 23.3 Å². The standard InChI is InChI=1S/C42H67NO11/c1-9-30-19-24(2)18-25(3)20-35(51-7)38-36(52-8)22-28(6)42(50,54-38)39(47)40(48)43-17-11-10-12-31(43)41(49)53-37(26(4)13-15-32(30)44)27(5)21-29-14-16-33(45)34(46)23-29/h19,21,25-26,28-31,33-38,45-46,50H,9-18,20,22-23H2,1-8H3/b24-19+,27-21?. The fourth-order valence-electron chi connectivity index (χ4n) is 9.16. The van der Waals surface area contributed by atoms with Gasteiger partial charge >= 0.3 is 5.97 Å². The molecule has 12 heteroatoms. The highest BCUT2D eigenvalue weighted by Gasteiger charge is 2.56. The minimum atomic E-state index is -2.47. The molecule has 0 aromatic carbocycles. The Morgan fingerprint density at radius 3 is 2.30 bits per heavy atom. The van der Waals surface area contributed by atoms with Crippen molar-refractivity contribution in [1.29, 1.82) is 0 Å². The molecule has 13 unspecified atom stereocenters. The van der Waals surface area contributed by atoms with Crippen LogP contribution in [0.25, 0.3) is 0 Å². The Hall–Kier alpha value is -2.48. The minimum Gasteiger partial charge on any atom is -0.456 e. The third kappa shape index (κ3) is 10.5. The van der Waals surface area contributed by atoms with Crippen molar-refractivity contribution in [2.75, 3.05) is 20.8 Å². The van der Waals surface area contributed by atoms with Crippen LogP contribution in [0.1, 0.15) is 119 Å². The first-order valence-corrected chi connectivity index (χ1v) is 20.3. The van der Waals surface area contributed by atoms with E-state index in [1.807, 2.05) is 33.8 Å². The normalized spacial score (nSPS) is 41.3. The molecule has 0 radical (unpaired) electrons. The summed E-state index contributed by atoms with van der Waals surface area (Å²) < 4.78 is 24.2. The van der Waals surface area contributed by atoms with Gasteiger partial charge in [0, 0.05) is 39.0 Å². The van der Waals surface area contributed by atoms with Crippen molar-refractivity contribution in [3.05, 3.63) is 23.3 Å². The maximum Gasteiger partial charge on any atom is 0.329 e. The number of carbonyl (C=O) groups excluding carboxylic acids is 4. The van der Waals surface area contributed by atoms with Gasteiger partial charge in [-0.1, -0.05) is 45.4 Å². The molecule has 3 fully saturated rings. The number of ketones is 2. The van der Waals surface area contributed by atoms with E-state index in [1.54, 1.807) is 21.1 Å². The molecule has 1 saturated carbocycles. The molecule has 0 aromatic rings. The molecule has 54 heavy (non-hydrogen) atoms. The van der Waals surface area contributed by atoms with Gasteiger partial charge in [0.2, 0.25) is 5.79 Å². The predicted octanol–water partition coefficient (Wildman–Crippen LogP) is 4.85. The second-order valence-corrected chi connectivity index (χ2v) is 16.8. The van der Waals surface area contributed by atoms with E-state index >= 15 is 0 Å². The number of amides is 1. The second kappa shape index (κ2) is 19.6. The molecule has 12 nitrogen and oxygen atoms in total. The number of fused-ring (bicyclic) bond motifs is 3. The molecular weight excluding hydrogens is 694 g/mol. The summed E-state index contributed by atoms with van der Waals surface area (Å²) in [5, 5.41) is 32.4. The van der Waals surface area contributed by atoms with E-state index < -0.39 is 72.0 Å². The number of cyclic esters (lactones) is 1. The third-order valence-electron chi connectivity index (χ3n) is 12.5. The highest BCUT2D eigenvalue weighted by molar-refractivity contribution is 6.39. The van der Waals surface area contributed by atoms with E-state index in [1.165, 1.54) is 4.90 Å². The Balaban J connectivity index is 1.73. The lowest BCUT2D eigenvalue weighted by Crippen LogP contribution is -2.64. The molecular formula is C42H67NO11. The summed E-state index contributed by atoms with van der Waals surface area (Å²) in [6.45, 7) is 11.7. The van der Waals surface area contributed by atoms with Crippen molar-refractivity contribution in [2.45, 2.75) is 167 Å². The van der Waals surface area contributed by atoms with Gasteiger partial charge in [0.25, 0.3) is 11.7 Å². The number of nitrogens with zero attached hydrogens (tertiary/aromatic N) is 1. The van der Waals surface area contributed by atoms with Crippen LogP contribution < -0.4 is 0 Å². The highest BCUT2D eigenvalue weighted by atomic mass is 16.7. The molecule has 13 atom stereocenters. The topological polar surface area (TPSA) is 169 Å². The SMILES string of the molecule is CCC1/C=C(\C)CC(C)CC(OC)C2OC(O)(C(=O)C(=O)N3CCCCC3C(=O)OC(C(C)=CC3CCC(O)C(O)C3)C(C)CCC1=O)C(C)CC2OC. The van der Waals surface area contributed by atoms with Crippen LogP contribution in [0.5, 0.6) is 0 Å². The summed E-state index contributed by atoms with van der Waals surface area (Å²) in [6.07, 6.45) is 5.54. The fraction of sp³-hybridized carbons (Fsp3) is 0.810. The van der Waals surface area contributed by atoms with E-state index in [4.69, 9.17) is 18.9 Å². The van der Waals surface area contributed by atoms with Gasteiger partial charge in [-0.25, -0.2) is 4.79 Å². The van der Waals surface area contributed by atoms with E-state index in [0.29, 0.717) is 57.8 Å². The average molecular weight is 762 g/mol. The molecule has 4 aliphatic rings. The molecule has 3 N–H and O–H groups in total. The van der Waals surface area contributed by atoms with Crippen LogP contribution >= 0.6 is 0 Å². The molecule has 4 rings (SSSR count). The summed E-state index contributed by atoms with van der Waals surface area (Å²) in [7, 11) is 3.09. The van der Waals surface area contributed by atoms with Gasteiger partial charge in [0.15, 0.2) is 0 Å². The number of hydrogen-bond donors (Lipinski definition) is 3. The number of piperidine rings is 1. The molecule has 1 amide bonds. The number of Topliss-reactive ketones (excluding diaryl/α,β-unsaturated/α-hetero) is 2.